The molecule has 4 aliphatic carbocycles. The molecule has 42 heavy (non-hydrogen) atoms. The van der Waals surface area contributed by atoms with Crippen molar-refractivity contribution < 1.29 is 59.8 Å². The third-order valence-corrected chi connectivity index (χ3v) is 12.7. The zero-order chi connectivity index (χ0) is 31.3. The number of allylic oxidation sites excluding steroid dienone is 4. The smallest absolute Gasteiger partial charge is 0.348 e. The molecule has 0 aromatic carbocycles. The third-order valence-electron chi connectivity index (χ3n) is 9.46. The molecule has 4 aliphatic rings. The van der Waals surface area contributed by atoms with Crippen LogP contribution in [0, 0.1) is 34.5 Å². The summed E-state index contributed by atoms with van der Waals surface area (Å²) >= 11 is 0.513. The van der Waals surface area contributed by atoms with Crippen LogP contribution in [-0.2, 0) is 36.8 Å². The number of hydrogen-bond donors (Lipinski definition) is 3. The largest absolute Gasteiger partial charge is 0.483 e. The standard InChI is InChI=1S/C25H36F3NO10P2S/c1-14-8-16-17-10-19(27)18-9-15(30)4-5-24(18,3)25(17,28)20(11-23(16,2)21(14)22(31)42-12-26)36-13-38-41(34,35)39-40(32,33)37-7-6-29/h4-5,9,14,16-17,19-21H,6-8,10-13,29H2,1-3H3,(H,32,33)(H,34,35)/t14-,16+,17+,19+,20+,21?,23-,24+,25+/m1/s1. The Morgan fingerprint density at radius 1 is 1.19 bits per heavy atom. The SMILES string of the molecule is C[C@@H]1C[C@H]2[C@@H]3C[C@H](F)C4=CC(=O)C=C[C@]4(C)[C@@]3(F)[C@@H](OCOP(=O)(O)OP(=O)(O)OCCN)C[C@@]2(C)C1C(=O)SCF. The van der Waals surface area contributed by atoms with Crippen molar-refractivity contribution >= 4 is 38.3 Å². The lowest BCUT2D eigenvalue weighted by molar-refractivity contribution is -0.231. The molecule has 17 heteroatoms. The Kier molecular flexibility index (Phi) is 9.84. The van der Waals surface area contributed by atoms with Crippen LogP contribution in [0.4, 0.5) is 13.2 Å². The van der Waals surface area contributed by atoms with Crippen LogP contribution in [0.2, 0.25) is 0 Å². The maximum absolute atomic E-state index is 18.0. The predicted octanol–water partition coefficient (Wildman–Crippen LogP) is 4.55. The van der Waals surface area contributed by atoms with Gasteiger partial charge in [-0.1, -0.05) is 31.7 Å². The van der Waals surface area contributed by atoms with E-state index in [1.54, 1.807) is 6.92 Å². The Bertz CT molecular complexity index is 1260. The minimum absolute atomic E-state index is 0.0621. The monoisotopic (exact) mass is 661 g/mol. The van der Waals surface area contributed by atoms with Gasteiger partial charge in [0.1, 0.15) is 12.2 Å². The molecular weight excluding hydrogens is 625 g/mol. The lowest BCUT2D eigenvalue weighted by Crippen LogP contribution is -2.68. The van der Waals surface area contributed by atoms with Gasteiger partial charge in [0, 0.05) is 23.8 Å². The fourth-order valence-electron chi connectivity index (χ4n) is 7.88. The molecule has 0 aromatic heterocycles. The molecule has 3 saturated carbocycles. The maximum Gasteiger partial charge on any atom is 0.483 e. The van der Waals surface area contributed by atoms with E-state index >= 15 is 8.78 Å². The summed E-state index contributed by atoms with van der Waals surface area (Å²) in [6.07, 6.45) is 0.321. The summed E-state index contributed by atoms with van der Waals surface area (Å²) in [6, 6.07) is -0.944. The molecule has 0 bridgehead atoms. The fourth-order valence-corrected chi connectivity index (χ4v) is 10.6. The van der Waals surface area contributed by atoms with Gasteiger partial charge in [0.15, 0.2) is 23.4 Å². The van der Waals surface area contributed by atoms with Crippen molar-refractivity contribution in [3.63, 3.8) is 0 Å². The molecule has 0 aliphatic heterocycles. The minimum Gasteiger partial charge on any atom is -0.348 e. The first kappa shape index (κ1) is 34.0. The van der Waals surface area contributed by atoms with Gasteiger partial charge in [-0.25, -0.2) is 22.3 Å². The van der Waals surface area contributed by atoms with Crippen LogP contribution >= 0.6 is 27.4 Å². The average molecular weight is 662 g/mol. The lowest BCUT2D eigenvalue weighted by Gasteiger charge is -2.63. The van der Waals surface area contributed by atoms with Crippen LogP contribution in [0.5, 0.6) is 0 Å². The van der Waals surface area contributed by atoms with E-state index in [4.69, 9.17) is 15.0 Å². The second-order valence-corrected chi connectivity index (χ2v) is 15.7. The predicted molar refractivity (Wildman–Crippen MR) is 146 cm³/mol. The van der Waals surface area contributed by atoms with E-state index in [0.29, 0.717) is 18.2 Å². The van der Waals surface area contributed by atoms with Crippen molar-refractivity contribution in [3.8, 4) is 0 Å². The number of carbonyl (C=O) groups is 2. The van der Waals surface area contributed by atoms with Crippen LogP contribution in [0.25, 0.3) is 0 Å². The van der Waals surface area contributed by atoms with E-state index in [9.17, 15) is 32.9 Å². The molecule has 238 valence electrons. The summed E-state index contributed by atoms with van der Waals surface area (Å²) in [5.41, 5.74) is 0.108. The summed E-state index contributed by atoms with van der Waals surface area (Å²) in [5, 5.41) is -0.414. The molecule has 4 N–H and O–H groups in total. The van der Waals surface area contributed by atoms with Crippen molar-refractivity contribution in [1.82, 2.24) is 0 Å². The molecular formula is C25H36F3NO10P2S. The summed E-state index contributed by atoms with van der Waals surface area (Å²) in [4.78, 5) is 44.9. The van der Waals surface area contributed by atoms with Crippen LogP contribution in [0.3, 0.4) is 0 Å². The van der Waals surface area contributed by atoms with E-state index in [1.807, 2.05) is 6.92 Å². The van der Waals surface area contributed by atoms with Crippen molar-refractivity contribution in [2.24, 2.45) is 40.2 Å². The van der Waals surface area contributed by atoms with E-state index in [1.165, 1.54) is 13.0 Å². The van der Waals surface area contributed by atoms with Crippen molar-refractivity contribution in [2.45, 2.75) is 58.0 Å². The second kappa shape index (κ2) is 12.2. The Morgan fingerprint density at radius 2 is 1.86 bits per heavy atom. The van der Waals surface area contributed by atoms with Crippen molar-refractivity contribution in [2.75, 3.05) is 26.0 Å². The fraction of sp³-hybridized carbons (Fsp3) is 0.760. The number of halogens is 3. The van der Waals surface area contributed by atoms with Crippen LogP contribution in [0.15, 0.2) is 23.8 Å². The number of hydrogen-bond acceptors (Lipinski definition) is 10. The normalized spacial score (nSPS) is 42.1. The van der Waals surface area contributed by atoms with Gasteiger partial charge in [0.2, 0.25) is 0 Å². The molecule has 0 aromatic rings. The van der Waals surface area contributed by atoms with Crippen molar-refractivity contribution in [1.29, 1.82) is 0 Å². The molecule has 11 atom stereocenters. The number of nitrogens with two attached hydrogens (primary N) is 1. The summed E-state index contributed by atoms with van der Waals surface area (Å²) in [5.74, 6) is -3.02. The minimum atomic E-state index is -5.29. The topological polar surface area (TPSA) is 172 Å². The number of carbonyl (C=O) groups excluding carboxylic acids is 2. The molecule has 0 spiro atoms. The first-order valence-electron chi connectivity index (χ1n) is 13.4. The number of ketones is 1. The van der Waals surface area contributed by atoms with Crippen LogP contribution in [-0.4, -0.2) is 64.6 Å². The zero-order valence-electron chi connectivity index (χ0n) is 23.3. The first-order chi connectivity index (χ1) is 19.5. The van der Waals surface area contributed by atoms with Gasteiger partial charge in [-0.3, -0.25) is 18.6 Å². The highest BCUT2D eigenvalue weighted by atomic mass is 32.2. The number of alkyl halides is 3. The molecule has 3 unspecified atom stereocenters. The van der Waals surface area contributed by atoms with Crippen molar-refractivity contribution in [3.05, 3.63) is 23.8 Å². The highest BCUT2D eigenvalue weighted by molar-refractivity contribution is 8.13. The van der Waals surface area contributed by atoms with Gasteiger partial charge < -0.3 is 20.3 Å². The van der Waals surface area contributed by atoms with Gasteiger partial charge in [0.25, 0.3) is 0 Å². The number of rotatable bonds is 11. The molecule has 3 fully saturated rings. The lowest BCUT2D eigenvalue weighted by atomic mass is 9.45. The van der Waals surface area contributed by atoms with E-state index in [-0.39, 0.29) is 30.9 Å². The van der Waals surface area contributed by atoms with E-state index in [2.05, 4.69) is 8.83 Å². The van der Waals surface area contributed by atoms with E-state index in [0.717, 1.165) is 12.2 Å². The molecule has 11 nitrogen and oxygen atoms in total. The Hall–Kier alpha value is -0.860. The number of fused-ring (bicyclic) bond motifs is 5. The van der Waals surface area contributed by atoms with Gasteiger partial charge in [0.05, 0.1) is 12.7 Å². The van der Waals surface area contributed by atoms with Crippen LogP contribution in [0.1, 0.15) is 40.0 Å². The number of ether oxygens (including phenoxy) is 1. The zero-order valence-corrected chi connectivity index (χ0v) is 25.9. The molecule has 0 amide bonds. The van der Waals surface area contributed by atoms with Gasteiger partial charge in [-0.05, 0) is 61.2 Å². The molecule has 0 heterocycles. The number of phosphoric acid groups is 2. The number of thioether (sulfide) groups is 1. The second-order valence-electron chi connectivity index (χ2n) is 11.7. The number of phosphoric ester groups is 2. The Morgan fingerprint density at radius 3 is 2.50 bits per heavy atom. The summed E-state index contributed by atoms with van der Waals surface area (Å²) in [7, 11) is -10.3. The molecule has 4 rings (SSSR count). The summed E-state index contributed by atoms with van der Waals surface area (Å²) in [6.45, 7) is 3.28. The molecule has 0 saturated heterocycles. The van der Waals surface area contributed by atoms with Crippen LogP contribution < -0.4 is 5.73 Å². The van der Waals surface area contributed by atoms with E-state index < -0.39 is 92.5 Å². The summed E-state index contributed by atoms with van der Waals surface area (Å²) < 4.78 is 90.3. The Labute approximate surface area is 246 Å². The quantitative estimate of drug-likeness (QED) is 0.209. The highest BCUT2D eigenvalue weighted by Crippen LogP contribution is 2.71. The third kappa shape index (κ3) is 5.91. The molecule has 0 radical (unpaired) electrons. The maximum atomic E-state index is 18.0. The van der Waals surface area contributed by atoms with Gasteiger partial charge in [-0.15, -0.1) is 0 Å². The first-order valence-corrected chi connectivity index (χ1v) is 17.4. The van der Waals surface area contributed by atoms with Gasteiger partial charge in [-0.2, -0.15) is 4.31 Å². The van der Waals surface area contributed by atoms with Gasteiger partial charge >= 0.3 is 15.6 Å². The highest BCUT2D eigenvalue weighted by Gasteiger charge is 2.73. The average Bonchev–Trinajstić information content (AvgIpc) is 3.14. The Balaban J connectivity index is 1.69.